The molecule has 0 amide bonds. The molecule has 172 valence electrons. The SMILES string of the molecule is C[C@@H]([C@H]1[C@H](O)C[C@@]2(C)[C@@H]3CC[C@H]4[C@@](C)(CO)[C@@H](N)CC[C@@]45C[C@@]35CC[C@]12C)N(C)C. The van der Waals surface area contributed by atoms with Gasteiger partial charge in [-0.1, -0.05) is 20.8 Å². The van der Waals surface area contributed by atoms with Crippen LogP contribution in [-0.4, -0.2) is 54.0 Å². The molecule has 0 aliphatic heterocycles. The summed E-state index contributed by atoms with van der Waals surface area (Å²) < 4.78 is 0. The van der Waals surface area contributed by atoms with Gasteiger partial charge in [0.2, 0.25) is 0 Å². The number of aliphatic hydroxyl groups excluding tert-OH is 2. The van der Waals surface area contributed by atoms with Crippen molar-refractivity contribution in [1.82, 2.24) is 4.90 Å². The minimum Gasteiger partial charge on any atom is -0.396 e. The molecular formula is C26H46N2O2. The summed E-state index contributed by atoms with van der Waals surface area (Å²) >= 11 is 0. The van der Waals surface area contributed by atoms with Gasteiger partial charge in [0.25, 0.3) is 0 Å². The fourth-order valence-electron chi connectivity index (χ4n) is 10.7. The largest absolute Gasteiger partial charge is 0.396 e. The summed E-state index contributed by atoms with van der Waals surface area (Å²) in [5, 5.41) is 21.8. The van der Waals surface area contributed by atoms with Crippen LogP contribution in [0.4, 0.5) is 0 Å². The van der Waals surface area contributed by atoms with Crippen LogP contribution in [0.25, 0.3) is 0 Å². The van der Waals surface area contributed by atoms with E-state index >= 15 is 0 Å². The van der Waals surface area contributed by atoms with Crippen molar-refractivity contribution in [2.24, 2.45) is 50.6 Å². The van der Waals surface area contributed by atoms with Gasteiger partial charge in [-0.3, -0.25) is 0 Å². The Hall–Kier alpha value is -0.160. The van der Waals surface area contributed by atoms with Crippen molar-refractivity contribution in [1.29, 1.82) is 0 Å². The molecule has 5 fully saturated rings. The van der Waals surface area contributed by atoms with Crippen LogP contribution in [0.2, 0.25) is 0 Å². The van der Waals surface area contributed by atoms with E-state index in [1.54, 1.807) is 0 Å². The normalized spacial score (nSPS) is 60.4. The molecular weight excluding hydrogens is 372 g/mol. The quantitative estimate of drug-likeness (QED) is 0.654. The number of nitrogens with two attached hydrogens (primary N) is 1. The molecule has 4 N–H and O–H groups in total. The second-order valence-corrected chi connectivity index (χ2v) is 13.3. The maximum Gasteiger partial charge on any atom is 0.0594 e. The summed E-state index contributed by atoms with van der Waals surface area (Å²) in [5.41, 5.74) is 7.75. The second kappa shape index (κ2) is 6.24. The first-order valence-electron chi connectivity index (χ1n) is 12.6. The highest BCUT2D eigenvalue weighted by Gasteiger charge is 2.83. The van der Waals surface area contributed by atoms with E-state index in [2.05, 4.69) is 46.7 Å². The lowest BCUT2D eigenvalue weighted by Gasteiger charge is -2.63. The summed E-state index contributed by atoms with van der Waals surface area (Å²) in [4.78, 5) is 2.32. The Morgan fingerprint density at radius 3 is 2.23 bits per heavy atom. The topological polar surface area (TPSA) is 69.7 Å². The first-order chi connectivity index (χ1) is 13.9. The molecule has 0 radical (unpaired) electrons. The zero-order chi connectivity index (χ0) is 21.9. The predicted octanol–water partition coefficient (Wildman–Crippen LogP) is 3.65. The highest BCUT2D eigenvalue weighted by Crippen LogP contribution is 2.88. The molecule has 0 saturated heterocycles. The van der Waals surface area contributed by atoms with Gasteiger partial charge in [0.15, 0.2) is 0 Å². The van der Waals surface area contributed by atoms with Crippen LogP contribution in [0.1, 0.15) is 79.1 Å². The first-order valence-corrected chi connectivity index (χ1v) is 12.6. The van der Waals surface area contributed by atoms with Crippen LogP contribution < -0.4 is 5.73 Å². The van der Waals surface area contributed by atoms with Crippen LogP contribution in [0.15, 0.2) is 0 Å². The number of aliphatic hydroxyl groups is 2. The fraction of sp³-hybridized carbons (Fsp3) is 1.00. The molecule has 0 heterocycles. The Morgan fingerprint density at radius 2 is 1.60 bits per heavy atom. The lowest BCUT2D eigenvalue weighted by Crippen LogP contribution is -2.60. The molecule has 0 aromatic rings. The number of hydrogen-bond donors (Lipinski definition) is 3. The molecule has 5 aliphatic rings. The van der Waals surface area contributed by atoms with E-state index in [4.69, 9.17) is 5.73 Å². The minimum atomic E-state index is -0.192. The minimum absolute atomic E-state index is 0.120. The van der Waals surface area contributed by atoms with E-state index in [0.29, 0.717) is 34.6 Å². The smallest absolute Gasteiger partial charge is 0.0594 e. The average Bonchev–Trinajstić information content (AvgIpc) is 3.30. The Labute approximate surface area is 184 Å². The monoisotopic (exact) mass is 418 g/mol. The highest BCUT2D eigenvalue weighted by atomic mass is 16.3. The third-order valence-corrected chi connectivity index (χ3v) is 12.7. The second-order valence-electron chi connectivity index (χ2n) is 13.3. The highest BCUT2D eigenvalue weighted by molar-refractivity contribution is 5.31. The number of rotatable bonds is 3. The van der Waals surface area contributed by atoms with Crippen molar-refractivity contribution < 1.29 is 10.2 Å². The van der Waals surface area contributed by atoms with Gasteiger partial charge in [-0.2, -0.15) is 0 Å². The Morgan fingerprint density at radius 1 is 0.967 bits per heavy atom. The lowest BCUT2D eigenvalue weighted by atomic mass is 9.41. The van der Waals surface area contributed by atoms with Gasteiger partial charge >= 0.3 is 0 Å². The number of hydrogen-bond acceptors (Lipinski definition) is 4. The van der Waals surface area contributed by atoms with Crippen molar-refractivity contribution in [3.05, 3.63) is 0 Å². The lowest BCUT2D eigenvalue weighted by molar-refractivity contribution is -0.153. The van der Waals surface area contributed by atoms with Gasteiger partial charge in [-0.15, -0.1) is 0 Å². The van der Waals surface area contributed by atoms with Crippen LogP contribution in [-0.2, 0) is 0 Å². The van der Waals surface area contributed by atoms with Gasteiger partial charge in [0.05, 0.1) is 12.7 Å². The molecule has 5 rings (SSSR count). The summed E-state index contributed by atoms with van der Waals surface area (Å²) in [6.45, 7) is 9.91. The zero-order valence-electron chi connectivity index (χ0n) is 20.2. The average molecular weight is 419 g/mol. The maximum absolute atomic E-state index is 11.4. The van der Waals surface area contributed by atoms with Crippen molar-refractivity contribution in [2.45, 2.75) is 97.2 Å². The van der Waals surface area contributed by atoms with Crippen molar-refractivity contribution in [2.75, 3.05) is 20.7 Å². The molecule has 11 atom stereocenters. The summed E-state index contributed by atoms with van der Waals surface area (Å²) in [5.74, 6) is 1.64. The van der Waals surface area contributed by atoms with E-state index < -0.39 is 0 Å². The summed E-state index contributed by atoms with van der Waals surface area (Å²) in [6.07, 6.45) is 9.50. The Balaban J connectivity index is 1.53. The molecule has 0 aromatic carbocycles. The zero-order valence-corrected chi connectivity index (χ0v) is 20.2. The summed E-state index contributed by atoms with van der Waals surface area (Å²) in [7, 11) is 4.34. The molecule has 5 aliphatic carbocycles. The molecule has 5 saturated carbocycles. The van der Waals surface area contributed by atoms with E-state index in [1.807, 2.05) is 0 Å². The van der Waals surface area contributed by atoms with E-state index in [9.17, 15) is 10.2 Å². The van der Waals surface area contributed by atoms with Crippen LogP contribution in [0.3, 0.4) is 0 Å². The van der Waals surface area contributed by atoms with E-state index in [-0.39, 0.29) is 35.0 Å². The molecule has 4 nitrogen and oxygen atoms in total. The molecule has 0 bridgehead atoms. The fourth-order valence-corrected chi connectivity index (χ4v) is 10.7. The van der Waals surface area contributed by atoms with Crippen molar-refractivity contribution >= 4 is 0 Å². The van der Waals surface area contributed by atoms with Crippen molar-refractivity contribution in [3.63, 3.8) is 0 Å². The molecule has 2 spiro atoms. The maximum atomic E-state index is 11.4. The van der Waals surface area contributed by atoms with Gasteiger partial charge < -0.3 is 20.8 Å². The molecule has 0 aromatic heterocycles. The van der Waals surface area contributed by atoms with Gasteiger partial charge in [0.1, 0.15) is 0 Å². The Bertz CT molecular complexity index is 728. The van der Waals surface area contributed by atoms with E-state index in [0.717, 1.165) is 12.8 Å². The van der Waals surface area contributed by atoms with Gasteiger partial charge in [0, 0.05) is 23.4 Å². The number of fused-ring (bicyclic) bond motifs is 2. The molecule has 4 heteroatoms. The van der Waals surface area contributed by atoms with Gasteiger partial charge in [-0.05, 0) is 106 Å². The molecule has 30 heavy (non-hydrogen) atoms. The first kappa shape index (κ1) is 21.7. The standard InChI is InChI=1S/C26H46N2O2/c1-16(28(5)6)21-17(30)13-24(4)19-8-7-18-22(2,15-29)20(27)9-10-25(18)14-26(19,25)12-11-23(21,24)3/h16-21,29-30H,7-15,27H2,1-6H3/t16-,17+,18-,19-,20-,21-,22+,23+,24-,25+,26-/m0/s1. The third kappa shape index (κ3) is 2.18. The van der Waals surface area contributed by atoms with Gasteiger partial charge in [-0.25, -0.2) is 0 Å². The van der Waals surface area contributed by atoms with Crippen LogP contribution >= 0.6 is 0 Å². The van der Waals surface area contributed by atoms with Crippen molar-refractivity contribution in [3.8, 4) is 0 Å². The van der Waals surface area contributed by atoms with Crippen LogP contribution in [0, 0.1) is 44.8 Å². The Kier molecular flexibility index (Phi) is 4.51. The predicted molar refractivity (Wildman–Crippen MR) is 121 cm³/mol. The summed E-state index contributed by atoms with van der Waals surface area (Å²) in [6, 6.07) is 0.533. The number of nitrogens with zero attached hydrogens (tertiary/aromatic N) is 1. The molecule has 0 unspecified atom stereocenters. The van der Waals surface area contributed by atoms with Crippen LogP contribution in [0.5, 0.6) is 0 Å². The third-order valence-electron chi connectivity index (χ3n) is 12.7. The van der Waals surface area contributed by atoms with E-state index in [1.165, 1.54) is 38.5 Å².